The van der Waals surface area contributed by atoms with E-state index in [1.165, 1.54) is 19.3 Å². The van der Waals surface area contributed by atoms with Gasteiger partial charge in [-0.1, -0.05) is 56.2 Å². The third kappa shape index (κ3) is 16.6. The summed E-state index contributed by atoms with van der Waals surface area (Å²) in [6.45, 7) is 2.20. The summed E-state index contributed by atoms with van der Waals surface area (Å²) in [6.07, 6.45) is 19.5. The second kappa shape index (κ2) is 15.0. The average Bonchev–Trinajstić information content (AvgIpc) is 2.45. The molecule has 0 heterocycles. The van der Waals surface area contributed by atoms with Crippen LogP contribution in [0.25, 0.3) is 0 Å². The van der Waals surface area contributed by atoms with E-state index in [0.29, 0.717) is 12.8 Å². The maximum absolute atomic E-state index is 10.3. The molecule has 0 bridgehead atoms. The number of carboxylic acid groups (broad SMARTS) is 1. The van der Waals surface area contributed by atoms with Crippen LogP contribution in [-0.2, 0) is 4.79 Å². The van der Waals surface area contributed by atoms with Gasteiger partial charge in [0.1, 0.15) is 0 Å². The van der Waals surface area contributed by atoms with Crippen LogP contribution in [0.4, 0.5) is 0 Å². The minimum Gasteiger partial charge on any atom is -0.481 e. The molecule has 120 valence electrons. The van der Waals surface area contributed by atoms with Crippen molar-refractivity contribution >= 4 is 5.97 Å². The molecule has 0 saturated carbocycles. The quantitative estimate of drug-likeness (QED) is 0.296. The molecule has 0 radical (unpaired) electrons. The first-order valence-corrected chi connectivity index (χ1v) is 8.05. The molecule has 0 fully saturated rings. The molecule has 3 nitrogen and oxygen atoms in total. The van der Waals surface area contributed by atoms with Gasteiger partial charge in [0.05, 0.1) is 6.10 Å². The Hall–Kier alpha value is -1.35. The van der Waals surface area contributed by atoms with Crippen LogP contribution < -0.4 is 0 Å². The van der Waals surface area contributed by atoms with Crippen LogP contribution in [0.15, 0.2) is 36.5 Å². The average molecular weight is 294 g/mol. The molecule has 0 aliphatic rings. The number of unbranched alkanes of at least 4 members (excludes halogenated alkanes) is 4. The van der Waals surface area contributed by atoms with Crippen LogP contribution in [0, 0.1) is 0 Å². The molecule has 1 unspecified atom stereocenters. The Kier molecular flexibility index (Phi) is 14.1. The van der Waals surface area contributed by atoms with Gasteiger partial charge in [0.15, 0.2) is 0 Å². The molecule has 0 saturated heterocycles. The maximum Gasteiger partial charge on any atom is 0.303 e. The van der Waals surface area contributed by atoms with Crippen molar-refractivity contribution in [1.82, 2.24) is 0 Å². The fraction of sp³-hybridized carbons (Fsp3) is 0.611. The van der Waals surface area contributed by atoms with Crippen molar-refractivity contribution in [3.8, 4) is 0 Å². The lowest BCUT2D eigenvalue weighted by molar-refractivity contribution is -0.137. The SMILES string of the molecule is CCCCCC=CC=CC(O)CCC=CCCCC(=O)O. The van der Waals surface area contributed by atoms with Crippen molar-refractivity contribution in [1.29, 1.82) is 0 Å². The Morgan fingerprint density at radius 1 is 1.00 bits per heavy atom. The fourth-order valence-electron chi connectivity index (χ4n) is 1.85. The Labute approximate surface area is 129 Å². The largest absolute Gasteiger partial charge is 0.481 e. The van der Waals surface area contributed by atoms with Crippen molar-refractivity contribution in [2.45, 2.75) is 70.8 Å². The molecule has 3 heteroatoms. The lowest BCUT2D eigenvalue weighted by Gasteiger charge is -2.01. The third-order valence-corrected chi connectivity index (χ3v) is 3.11. The van der Waals surface area contributed by atoms with Gasteiger partial charge in [0, 0.05) is 6.42 Å². The number of rotatable bonds is 13. The lowest BCUT2D eigenvalue weighted by Crippen LogP contribution is -2.00. The molecular formula is C18H30O3. The van der Waals surface area contributed by atoms with E-state index in [9.17, 15) is 9.90 Å². The van der Waals surface area contributed by atoms with Gasteiger partial charge in [0.2, 0.25) is 0 Å². The van der Waals surface area contributed by atoms with Gasteiger partial charge in [-0.15, -0.1) is 0 Å². The van der Waals surface area contributed by atoms with Crippen LogP contribution in [-0.4, -0.2) is 22.3 Å². The number of allylic oxidation sites excluding steroid dienone is 5. The highest BCUT2D eigenvalue weighted by Crippen LogP contribution is 2.03. The first kappa shape index (κ1) is 19.7. The van der Waals surface area contributed by atoms with Crippen LogP contribution >= 0.6 is 0 Å². The van der Waals surface area contributed by atoms with Crippen molar-refractivity contribution in [2.24, 2.45) is 0 Å². The summed E-state index contributed by atoms with van der Waals surface area (Å²) in [5, 5.41) is 18.2. The van der Waals surface area contributed by atoms with E-state index < -0.39 is 12.1 Å². The maximum atomic E-state index is 10.3. The number of aliphatic hydroxyl groups excluding tert-OH is 1. The topological polar surface area (TPSA) is 57.5 Å². The van der Waals surface area contributed by atoms with Crippen LogP contribution in [0.1, 0.15) is 64.7 Å². The molecule has 0 spiro atoms. The Bertz CT molecular complexity index is 329. The number of aliphatic hydroxyl groups is 1. The normalized spacial score (nSPS) is 13.6. The zero-order valence-electron chi connectivity index (χ0n) is 13.2. The first-order valence-electron chi connectivity index (χ1n) is 8.05. The molecule has 1 atom stereocenters. The molecule has 0 amide bonds. The third-order valence-electron chi connectivity index (χ3n) is 3.11. The highest BCUT2D eigenvalue weighted by molar-refractivity contribution is 5.66. The van der Waals surface area contributed by atoms with Gasteiger partial charge in [-0.2, -0.15) is 0 Å². The number of hydrogen-bond acceptors (Lipinski definition) is 2. The number of carboxylic acids is 1. The molecule has 0 aliphatic heterocycles. The molecule has 0 aromatic heterocycles. The van der Waals surface area contributed by atoms with Gasteiger partial charge in [-0.3, -0.25) is 4.79 Å². The van der Waals surface area contributed by atoms with E-state index in [2.05, 4.69) is 13.0 Å². The molecule has 2 N–H and O–H groups in total. The number of aliphatic carboxylic acids is 1. The highest BCUT2D eigenvalue weighted by atomic mass is 16.4. The monoisotopic (exact) mass is 294 g/mol. The zero-order chi connectivity index (χ0) is 15.8. The standard InChI is InChI=1S/C18H30O3/c1-2-3-4-5-6-8-11-14-17(19)15-12-9-7-10-13-16-18(20)21/h6-9,11,14,17,19H,2-5,10,12-13,15-16H2,1H3,(H,20,21). The van der Waals surface area contributed by atoms with Gasteiger partial charge < -0.3 is 10.2 Å². The molecule has 21 heavy (non-hydrogen) atoms. The summed E-state index contributed by atoms with van der Waals surface area (Å²) in [5.41, 5.74) is 0. The fourth-order valence-corrected chi connectivity index (χ4v) is 1.85. The highest BCUT2D eigenvalue weighted by Gasteiger charge is 1.96. The second-order valence-electron chi connectivity index (χ2n) is 5.21. The number of carbonyl (C=O) groups is 1. The predicted molar refractivity (Wildman–Crippen MR) is 88.3 cm³/mol. The summed E-state index contributed by atoms with van der Waals surface area (Å²) in [5.74, 6) is -0.744. The summed E-state index contributed by atoms with van der Waals surface area (Å²) >= 11 is 0. The van der Waals surface area contributed by atoms with E-state index in [0.717, 1.165) is 19.3 Å². The van der Waals surface area contributed by atoms with E-state index in [1.54, 1.807) is 0 Å². The Balaban J connectivity index is 3.54. The van der Waals surface area contributed by atoms with Crippen LogP contribution in [0.5, 0.6) is 0 Å². The van der Waals surface area contributed by atoms with Crippen molar-refractivity contribution in [2.75, 3.05) is 0 Å². The smallest absolute Gasteiger partial charge is 0.303 e. The van der Waals surface area contributed by atoms with Gasteiger partial charge >= 0.3 is 5.97 Å². The van der Waals surface area contributed by atoms with Crippen LogP contribution in [0.2, 0.25) is 0 Å². The van der Waals surface area contributed by atoms with Crippen molar-refractivity contribution in [3.63, 3.8) is 0 Å². The van der Waals surface area contributed by atoms with Gasteiger partial charge in [0.25, 0.3) is 0 Å². The molecule has 0 aliphatic carbocycles. The minimum atomic E-state index is -0.744. The Morgan fingerprint density at radius 3 is 2.43 bits per heavy atom. The lowest BCUT2D eigenvalue weighted by atomic mass is 10.1. The van der Waals surface area contributed by atoms with Gasteiger partial charge in [-0.05, 0) is 38.5 Å². The van der Waals surface area contributed by atoms with E-state index in [4.69, 9.17) is 5.11 Å². The molecule has 0 rings (SSSR count). The summed E-state index contributed by atoms with van der Waals surface area (Å²) in [6, 6.07) is 0. The summed E-state index contributed by atoms with van der Waals surface area (Å²) < 4.78 is 0. The minimum absolute atomic E-state index is 0.223. The predicted octanol–water partition coefficient (Wildman–Crippen LogP) is 4.63. The van der Waals surface area contributed by atoms with E-state index in [1.807, 2.05) is 30.4 Å². The summed E-state index contributed by atoms with van der Waals surface area (Å²) in [7, 11) is 0. The van der Waals surface area contributed by atoms with E-state index >= 15 is 0 Å². The van der Waals surface area contributed by atoms with Crippen LogP contribution in [0.3, 0.4) is 0 Å². The first-order chi connectivity index (χ1) is 10.2. The van der Waals surface area contributed by atoms with E-state index in [-0.39, 0.29) is 6.42 Å². The second-order valence-corrected chi connectivity index (χ2v) is 5.21. The Morgan fingerprint density at radius 2 is 1.71 bits per heavy atom. The summed E-state index contributed by atoms with van der Waals surface area (Å²) in [4.78, 5) is 10.3. The number of hydrogen-bond donors (Lipinski definition) is 2. The van der Waals surface area contributed by atoms with Crippen molar-refractivity contribution < 1.29 is 15.0 Å². The molecule has 0 aromatic rings. The zero-order valence-corrected chi connectivity index (χ0v) is 13.2. The van der Waals surface area contributed by atoms with Gasteiger partial charge in [-0.25, -0.2) is 0 Å². The molecular weight excluding hydrogens is 264 g/mol. The van der Waals surface area contributed by atoms with Crippen molar-refractivity contribution in [3.05, 3.63) is 36.5 Å². The molecule has 0 aromatic carbocycles.